The van der Waals surface area contributed by atoms with Gasteiger partial charge in [-0.25, -0.2) is 13.8 Å². The van der Waals surface area contributed by atoms with Gasteiger partial charge >= 0.3 is 11.7 Å². The highest BCUT2D eigenvalue weighted by molar-refractivity contribution is 5.70. The Labute approximate surface area is 92.5 Å². The summed E-state index contributed by atoms with van der Waals surface area (Å²) in [6.45, 7) is 0. The number of nitrogens with zero attached hydrogens (tertiary/aromatic N) is 2. The van der Waals surface area contributed by atoms with Crippen molar-refractivity contribution >= 4 is 11.7 Å². The van der Waals surface area contributed by atoms with E-state index in [9.17, 15) is 23.7 Å². The van der Waals surface area contributed by atoms with Gasteiger partial charge in [0.2, 0.25) is 5.75 Å². The fraction of sp³-hybridized carbons (Fsp3) is 0.250. The third-order valence-corrected chi connectivity index (χ3v) is 1.79. The molecule has 0 atom stereocenters. The molecule has 0 saturated carbocycles. The van der Waals surface area contributed by atoms with Crippen molar-refractivity contribution in [2.75, 3.05) is 0 Å². The number of halogens is 2. The Morgan fingerprint density at radius 2 is 2.18 bits per heavy atom. The molecule has 1 aromatic heterocycles. The van der Waals surface area contributed by atoms with Gasteiger partial charge in [-0.05, 0) is 0 Å². The van der Waals surface area contributed by atoms with Gasteiger partial charge in [0.25, 0.3) is 6.43 Å². The lowest BCUT2D eigenvalue weighted by atomic mass is 10.2. The Balaban J connectivity index is 3.36. The van der Waals surface area contributed by atoms with Gasteiger partial charge in [0.1, 0.15) is 0 Å². The number of nitro groups is 1. The number of aliphatic carboxylic acids is 1. The highest BCUT2D eigenvalue weighted by atomic mass is 19.3. The van der Waals surface area contributed by atoms with Crippen LogP contribution in [-0.2, 0) is 11.2 Å². The van der Waals surface area contributed by atoms with Crippen LogP contribution in [0.15, 0.2) is 6.07 Å². The van der Waals surface area contributed by atoms with E-state index in [0.717, 1.165) is 0 Å². The predicted octanol–water partition coefficient (Wildman–Crippen LogP) is 1.26. The molecular weight excluding hydrogens is 242 g/mol. The monoisotopic (exact) mass is 248 g/mol. The smallest absolute Gasteiger partial charge is 0.314 e. The van der Waals surface area contributed by atoms with Crippen molar-refractivity contribution < 1.29 is 28.7 Å². The van der Waals surface area contributed by atoms with Crippen LogP contribution in [0, 0.1) is 10.1 Å². The van der Waals surface area contributed by atoms with Crippen molar-refractivity contribution in [1.29, 1.82) is 0 Å². The molecule has 0 fully saturated rings. The first kappa shape index (κ1) is 12.7. The number of aromatic hydroxyl groups is 1. The molecule has 0 radical (unpaired) electrons. The van der Waals surface area contributed by atoms with Crippen molar-refractivity contribution in [3.05, 3.63) is 27.6 Å². The Morgan fingerprint density at radius 3 is 2.59 bits per heavy atom. The number of aromatic nitrogens is 1. The lowest BCUT2D eigenvalue weighted by molar-refractivity contribution is -0.386. The van der Waals surface area contributed by atoms with Gasteiger partial charge in [-0.15, -0.1) is 0 Å². The predicted molar refractivity (Wildman–Crippen MR) is 48.9 cm³/mol. The SMILES string of the molecule is O=C(O)Cc1cc([N+](=O)[O-])c(O)c(C(F)F)n1. The summed E-state index contributed by atoms with van der Waals surface area (Å²) in [6, 6.07) is 0.648. The normalized spacial score (nSPS) is 10.5. The van der Waals surface area contributed by atoms with Crippen LogP contribution < -0.4 is 0 Å². The van der Waals surface area contributed by atoms with Crippen LogP contribution in [-0.4, -0.2) is 26.1 Å². The Morgan fingerprint density at radius 1 is 1.59 bits per heavy atom. The second-order valence-corrected chi connectivity index (χ2v) is 2.99. The summed E-state index contributed by atoms with van der Waals surface area (Å²) in [5.74, 6) is -2.63. The largest absolute Gasteiger partial charge is 0.501 e. The zero-order valence-corrected chi connectivity index (χ0v) is 8.13. The van der Waals surface area contributed by atoms with Crippen LogP contribution in [0.25, 0.3) is 0 Å². The maximum atomic E-state index is 12.4. The van der Waals surface area contributed by atoms with E-state index in [1.165, 1.54) is 0 Å². The number of hydrogen-bond donors (Lipinski definition) is 2. The number of carboxylic acids is 1. The molecule has 0 spiro atoms. The van der Waals surface area contributed by atoms with Gasteiger partial charge < -0.3 is 10.2 Å². The second kappa shape index (κ2) is 4.68. The maximum Gasteiger partial charge on any atom is 0.314 e. The van der Waals surface area contributed by atoms with E-state index in [-0.39, 0.29) is 0 Å². The lowest BCUT2D eigenvalue weighted by Gasteiger charge is -2.05. The maximum absolute atomic E-state index is 12.4. The van der Waals surface area contributed by atoms with Gasteiger partial charge in [0.15, 0.2) is 5.69 Å². The fourth-order valence-corrected chi connectivity index (χ4v) is 1.13. The van der Waals surface area contributed by atoms with E-state index in [1.54, 1.807) is 0 Å². The van der Waals surface area contributed by atoms with E-state index in [1.807, 2.05) is 0 Å². The number of carboxylic acid groups (broad SMARTS) is 1. The van der Waals surface area contributed by atoms with Gasteiger partial charge in [0, 0.05) is 6.07 Å². The summed E-state index contributed by atoms with van der Waals surface area (Å²) in [5, 5.41) is 28.1. The Kier molecular flexibility index (Phi) is 3.51. The zero-order chi connectivity index (χ0) is 13.2. The first-order valence-corrected chi connectivity index (χ1v) is 4.20. The first-order chi connectivity index (χ1) is 7.82. The van der Waals surface area contributed by atoms with Crippen LogP contribution in [0.3, 0.4) is 0 Å². The third kappa shape index (κ3) is 2.83. The van der Waals surface area contributed by atoms with Crippen LogP contribution >= 0.6 is 0 Å². The molecule has 9 heteroatoms. The minimum Gasteiger partial charge on any atom is -0.501 e. The number of rotatable bonds is 4. The molecule has 0 aliphatic carbocycles. The van der Waals surface area contributed by atoms with Crippen LogP contribution in [0.1, 0.15) is 17.8 Å². The lowest BCUT2D eigenvalue weighted by Crippen LogP contribution is -2.06. The number of hydrogen-bond acceptors (Lipinski definition) is 5. The molecule has 2 N–H and O–H groups in total. The summed E-state index contributed by atoms with van der Waals surface area (Å²) in [6.07, 6.45) is -3.98. The van der Waals surface area contributed by atoms with Crippen LogP contribution in [0.5, 0.6) is 5.75 Å². The molecule has 0 bridgehead atoms. The number of alkyl halides is 2. The van der Waals surface area contributed by atoms with Crippen molar-refractivity contribution in [1.82, 2.24) is 4.98 Å². The molecule has 92 valence electrons. The summed E-state index contributed by atoms with van der Waals surface area (Å²) < 4.78 is 24.8. The standard InChI is InChI=1S/C8H6F2N2O5/c9-8(10)6-7(15)4(12(16)17)1-3(11-6)2-5(13)14/h1,8,15H,2H2,(H,13,14). The average Bonchev–Trinajstić information content (AvgIpc) is 2.18. The van der Waals surface area contributed by atoms with Crippen LogP contribution in [0.2, 0.25) is 0 Å². The summed E-state index contributed by atoms with van der Waals surface area (Å²) >= 11 is 0. The Bertz CT molecular complexity index is 477. The molecule has 0 unspecified atom stereocenters. The van der Waals surface area contributed by atoms with E-state index in [2.05, 4.69) is 4.98 Å². The van der Waals surface area contributed by atoms with E-state index in [4.69, 9.17) is 10.2 Å². The summed E-state index contributed by atoms with van der Waals surface area (Å²) in [5.41, 5.74) is -2.61. The van der Waals surface area contributed by atoms with Crippen molar-refractivity contribution in [3.8, 4) is 5.75 Å². The molecule has 1 aromatic rings. The molecule has 1 heterocycles. The van der Waals surface area contributed by atoms with Gasteiger partial charge in [-0.2, -0.15) is 0 Å². The van der Waals surface area contributed by atoms with Crippen LogP contribution in [0.4, 0.5) is 14.5 Å². The molecular formula is C8H6F2N2O5. The van der Waals surface area contributed by atoms with Gasteiger partial charge in [-0.3, -0.25) is 14.9 Å². The van der Waals surface area contributed by atoms with E-state index in [0.29, 0.717) is 6.07 Å². The number of pyridine rings is 1. The average molecular weight is 248 g/mol. The molecule has 0 aliphatic rings. The minimum absolute atomic E-state index is 0.419. The van der Waals surface area contributed by atoms with Crippen molar-refractivity contribution in [2.45, 2.75) is 12.8 Å². The molecule has 7 nitrogen and oxygen atoms in total. The highest BCUT2D eigenvalue weighted by Gasteiger charge is 2.26. The van der Waals surface area contributed by atoms with Gasteiger partial charge in [0.05, 0.1) is 17.0 Å². The third-order valence-electron chi connectivity index (χ3n) is 1.79. The number of carbonyl (C=O) groups is 1. The topological polar surface area (TPSA) is 114 Å². The van der Waals surface area contributed by atoms with Crippen molar-refractivity contribution in [3.63, 3.8) is 0 Å². The molecule has 0 saturated heterocycles. The molecule has 17 heavy (non-hydrogen) atoms. The molecule has 1 rings (SSSR count). The molecule has 0 amide bonds. The minimum atomic E-state index is -3.23. The summed E-state index contributed by atoms with van der Waals surface area (Å²) in [4.78, 5) is 22.9. The summed E-state index contributed by atoms with van der Waals surface area (Å²) in [7, 11) is 0. The Hall–Kier alpha value is -2.32. The first-order valence-electron chi connectivity index (χ1n) is 4.20. The van der Waals surface area contributed by atoms with Crippen molar-refractivity contribution in [2.24, 2.45) is 0 Å². The molecule has 0 aliphatic heterocycles. The highest BCUT2D eigenvalue weighted by Crippen LogP contribution is 2.34. The fourth-order valence-electron chi connectivity index (χ4n) is 1.13. The molecule has 0 aromatic carbocycles. The van der Waals surface area contributed by atoms with E-state index < -0.39 is 46.6 Å². The second-order valence-electron chi connectivity index (χ2n) is 2.99. The quantitative estimate of drug-likeness (QED) is 0.612. The van der Waals surface area contributed by atoms with E-state index >= 15 is 0 Å². The zero-order valence-electron chi connectivity index (χ0n) is 8.13. The van der Waals surface area contributed by atoms with Gasteiger partial charge in [-0.1, -0.05) is 0 Å².